The van der Waals surface area contributed by atoms with Crippen LogP contribution in [0.25, 0.3) is 0 Å². The van der Waals surface area contributed by atoms with Gasteiger partial charge >= 0.3 is 0 Å². The van der Waals surface area contributed by atoms with Crippen molar-refractivity contribution >= 4 is 0 Å². The van der Waals surface area contributed by atoms with E-state index in [2.05, 4.69) is 26.0 Å². The smallest absolute Gasteiger partial charge is 0.158 e. The molecule has 1 saturated heterocycles. The largest absolute Gasteiger partial charge is 0.497 e. The van der Waals surface area contributed by atoms with Gasteiger partial charge in [-0.15, -0.1) is 0 Å². The van der Waals surface area contributed by atoms with E-state index in [9.17, 15) is 0 Å². The highest BCUT2D eigenvalue weighted by Gasteiger charge is 2.29. The van der Waals surface area contributed by atoms with E-state index in [1.165, 1.54) is 5.56 Å². The number of hydrogen-bond acceptors (Lipinski definition) is 3. The van der Waals surface area contributed by atoms with Crippen LogP contribution in [0.1, 0.15) is 44.8 Å². The maximum atomic E-state index is 5.96. The summed E-state index contributed by atoms with van der Waals surface area (Å²) in [4.78, 5) is 0. The summed E-state index contributed by atoms with van der Waals surface area (Å²) in [5.41, 5.74) is 1.20. The summed E-state index contributed by atoms with van der Waals surface area (Å²) >= 11 is 0. The highest BCUT2D eigenvalue weighted by atomic mass is 16.7. The lowest BCUT2D eigenvalue weighted by molar-refractivity contribution is -0.246. The van der Waals surface area contributed by atoms with Gasteiger partial charge in [0.05, 0.1) is 19.3 Å². The Morgan fingerprint density at radius 1 is 1.11 bits per heavy atom. The van der Waals surface area contributed by atoms with E-state index in [4.69, 9.17) is 14.2 Å². The molecule has 0 saturated carbocycles. The zero-order valence-corrected chi connectivity index (χ0v) is 11.4. The van der Waals surface area contributed by atoms with Gasteiger partial charge in [-0.3, -0.25) is 0 Å². The highest BCUT2D eigenvalue weighted by Crippen LogP contribution is 2.33. The summed E-state index contributed by atoms with van der Waals surface area (Å²) in [5.74, 6) is 0.880. The summed E-state index contributed by atoms with van der Waals surface area (Å²) in [7, 11) is 1.68. The Hall–Kier alpha value is -1.06. The molecule has 0 N–H and O–H groups in total. The first-order valence-electron chi connectivity index (χ1n) is 6.71. The van der Waals surface area contributed by atoms with Crippen LogP contribution in [0.3, 0.4) is 0 Å². The zero-order chi connectivity index (χ0) is 13.0. The Balaban J connectivity index is 2.09. The quantitative estimate of drug-likeness (QED) is 0.815. The van der Waals surface area contributed by atoms with Crippen LogP contribution in [0.5, 0.6) is 5.75 Å². The number of methoxy groups -OCH3 is 1. The van der Waals surface area contributed by atoms with E-state index >= 15 is 0 Å². The molecule has 3 atom stereocenters. The van der Waals surface area contributed by atoms with Gasteiger partial charge in [-0.25, -0.2) is 0 Å². The standard InChI is InChI=1S/C15H22O3/c1-4-12-10-14(18-15(5-2)17-12)11-6-8-13(16-3)9-7-11/h6-9,12,14-15H,4-5,10H2,1-3H3/t12-,14-,15-/m1/s1. The molecule has 0 spiro atoms. The molecule has 2 rings (SSSR count). The maximum absolute atomic E-state index is 5.96. The van der Waals surface area contributed by atoms with E-state index in [1.807, 2.05) is 12.1 Å². The summed E-state index contributed by atoms with van der Waals surface area (Å²) in [6.45, 7) is 4.25. The van der Waals surface area contributed by atoms with Crippen molar-refractivity contribution in [1.29, 1.82) is 0 Å². The molecule has 0 bridgehead atoms. The second kappa shape index (κ2) is 6.21. The van der Waals surface area contributed by atoms with Crippen molar-refractivity contribution in [3.05, 3.63) is 29.8 Å². The SMILES string of the molecule is CC[C@@H]1C[C@H](c2ccc(OC)cc2)O[C@H](CC)O1. The fourth-order valence-electron chi connectivity index (χ4n) is 2.27. The summed E-state index contributed by atoms with van der Waals surface area (Å²) in [5, 5.41) is 0. The molecule has 1 fully saturated rings. The molecule has 0 aliphatic carbocycles. The van der Waals surface area contributed by atoms with Crippen LogP contribution >= 0.6 is 0 Å². The first-order valence-corrected chi connectivity index (χ1v) is 6.71. The monoisotopic (exact) mass is 250 g/mol. The minimum atomic E-state index is -0.0733. The van der Waals surface area contributed by atoms with Gasteiger partial charge in [0, 0.05) is 6.42 Å². The van der Waals surface area contributed by atoms with Crippen LogP contribution < -0.4 is 4.74 Å². The molecule has 100 valence electrons. The van der Waals surface area contributed by atoms with Gasteiger partial charge in [-0.05, 0) is 30.5 Å². The van der Waals surface area contributed by atoms with Gasteiger partial charge in [-0.2, -0.15) is 0 Å². The van der Waals surface area contributed by atoms with Crippen LogP contribution in [0, 0.1) is 0 Å². The molecule has 3 nitrogen and oxygen atoms in total. The van der Waals surface area contributed by atoms with E-state index in [-0.39, 0.29) is 12.4 Å². The van der Waals surface area contributed by atoms with Crippen molar-refractivity contribution in [3.8, 4) is 5.75 Å². The topological polar surface area (TPSA) is 27.7 Å². The van der Waals surface area contributed by atoms with Crippen LogP contribution in [-0.4, -0.2) is 19.5 Å². The van der Waals surface area contributed by atoms with E-state index in [0.717, 1.165) is 25.0 Å². The van der Waals surface area contributed by atoms with Crippen molar-refractivity contribution in [2.45, 2.75) is 51.6 Å². The average molecular weight is 250 g/mol. The predicted octanol–water partition coefficient (Wildman–Crippen LogP) is 3.69. The number of ether oxygens (including phenoxy) is 3. The summed E-state index contributed by atoms with van der Waals surface area (Å²) in [6.07, 6.45) is 3.22. The molecular weight excluding hydrogens is 228 g/mol. The third-order valence-electron chi connectivity index (χ3n) is 3.41. The first kappa shape index (κ1) is 13.4. The fraction of sp³-hybridized carbons (Fsp3) is 0.600. The van der Waals surface area contributed by atoms with Crippen molar-refractivity contribution in [2.24, 2.45) is 0 Å². The van der Waals surface area contributed by atoms with Gasteiger partial charge in [0.1, 0.15) is 5.75 Å². The van der Waals surface area contributed by atoms with E-state index < -0.39 is 0 Å². The summed E-state index contributed by atoms with van der Waals surface area (Å²) in [6, 6.07) is 8.12. The molecular formula is C15H22O3. The molecule has 1 aliphatic heterocycles. The minimum Gasteiger partial charge on any atom is -0.497 e. The third kappa shape index (κ3) is 3.03. The Morgan fingerprint density at radius 2 is 1.83 bits per heavy atom. The van der Waals surface area contributed by atoms with Gasteiger partial charge < -0.3 is 14.2 Å². The lowest BCUT2D eigenvalue weighted by Gasteiger charge is -2.35. The predicted molar refractivity (Wildman–Crippen MR) is 70.7 cm³/mol. The molecule has 18 heavy (non-hydrogen) atoms. The molecule has 0 radical (unpaired) electrons. The molecule has 0 unspecified atom stereocenters. The lowest BCUT2D eigenvalue weighted by atomic mass is 10.0. The maximum Gasteiger partial charge on any atom is 0.158 e. The Morgan fingerprint density at radius 3 is 2.39 bits per heavy atom. The Bertz CT molecular complexity index is 349. The fourth-order valence-corrected chi connectivity index (χ4v) is 2.27. The van der Waals surface area contributed by atoms with Crippen LogP contribution in [-0.2, 0) is 9.47 Å². The van der Waals surface area contributed by atoms with Crippen molar-refractivity contribution in [3.63, 3.8) is 0 Å². The van der Waals surface area contributed by atoms with Crippen LogP contribution in [0.4, 0.5) is 0 Å². The van der Waals surface area contributed by atoms with Gasteiger partial charge in [0.25, 0.3) is 0 Å². The number of benzene rings is 1. The van der Waals surface area contributed by atoms with Gasteiger partial charge in [0.15, 0.2) is 6.29 Å². The zero-order valence-electron chi connectivity index (χ0n) is 11.4. The van der Waals surface area contributed by atoms with Gasteiger partial charge in [0.2, 0.25) is 0 Å². The number of rotatable bonds is 4. The third-order valence-corrected chi connectivity index (χ3v) is 3.41. The molecule has 0 aromatic heterocycles. The van der Waals surface area contributed by atoms with E-state index in [1.54, 1.807) is 7.11 Å². The average Bonchev–Trinajstić information content (AvgIpc) is 2.46. The Labute approximate surface area is 109 Å². The normalized spacial score (nSPS) is 28.1. The second-order valence-electron chi connectivity index (χ2n) is 4.64. The van der Waals surface area contributed by atoms with Crippen molar-refractivity contribution in [1.82, 2.24) is 0 Å². The Kier molecular flexibility index (Phi) is 4.61. The van der Waals surface area contributed by atoms with E-state index in [0.29, 0.717) is 6.10 Å². The molecule has 0 amide bonds. The summed E-state index contributed by atoms with van der Waals surface area (Å²) < 4.78 is 17.0. The van der Waals surface area contributed by atoms with Gasteiger partial charge in [-0.1, -0.05) is 26.0 Å². The molecule has 1 aliphatic rings. The van der Waals surface area contributed by atoms with Crippen molar-refractivity contribution in [2.75, 3.05) is 7.11 Å². The van der Waals surface area contributed by atoms with Crippen LogP contribution in [0.2, 0.25) is 0 Å². The van der Waals surface area contributed by atoms with Crippen LogP contribution in [0.15, 0.2) is 24.3 Å². The second-order valence-corrected chi connectivity index (χ2v) is 4.64. The minimum absolute atomic E-state index is 0.0733. The molecule has 1 heterocycles. The molecule has 1 aromatic rings. The first-order chi connectivity index (χ1) is 8.76. The molecule has 1 aromatic carbocycles. The lowest BCUT2D eigenvalue weighted by Crippen LogP contribution is -2.33. The number of hydrogen-bond donors (Lipinski definition) is 0. The molecule has 3 heteroatoms. The highest BCUT2D eigenvalue weighted by molar-refractivity contribution is 5.28. The van der Waals surface area contributed by atoms with Crippen molar-refractivity contribution < 1.29 is 14.2 Å².